The van der Waals surface area contributed by atoms with Crippen molar-refractivity contribution in [2.45, 2.75) is 39.3 Å². The molecule has 0 radical (unpaired) electrons. The molecule has 2 aromatic carbocycles. The van der Waals surface area contributed by atoms with E-state index in [9.17, 15) is 9.90 Å². The number of aliphatic hydroxyl groups is 1. The Kier molecular flexibility index (Phi) is 5.76. The van der Waals surface area contributed by atoms with Gasteiger partial charge in [0.1, 0.15) is 24.3 Å². The third kappa shape index (κ3) is 4.65. The van der Waals surface area contributed by atoms with Gasteiger partial charge in [-0.15, -0.1) is 0 Å². The number of nitrogens with one attached hydrogen (secondary N) is 1. The first-order valence-electron chi connectivity index (χ1n) is 9.07. The van der Waals surface area contributed by atoms with Crippen LogP contribution in [0.5, 0.6) is 5.75 Å². The Labute approximate surface area is 158 Å². The summed E-state index contributed by atoms with van der Waals surface area (Å²) in [6.07, 6.45) is -0.671. The van der Waals surface area contributed by atoms with Crippen molar-refractivity contribution in [3.05, 3.63) is 54.4 Å². The van der Waals surface area contributed by atoms with Gasteiger partial charge < -0.3 is 19.7 Å². The second-order valence-electron chi connectivity index (χ2n) is 6.89. The van der Waals surface area contributed by atoms with Crippen LogP contribution in [0, 0.1) is 0 Å². The molecule has 0 saturated carbocycles. The number of aromatic nitrogens is 2. The Bertz CT molecular complexity index is 916. The first kappa shape index (κ1) is 18.9. The van der Waals surface area contributed by atoms with Crippen molar-refractivity contribution in [2.24, 2.45) is 0 Å². The Balaban J connectivity index is 1.66. The molecule has 1 heterocycles. The van der Waals surface area contributed by atoms with Crippen molar-refractivity contribution >= 4 is 22.6 Å². The van der Waals surface area contributed by atoms with E-state index in [-0.39, 0.29) is 18.4 Å². The normalized spacial score (nSPS) is 12.3. The van der Waals surface area contributed by atoms with Crippen molar-refractivity contribution in [1.82, 2.24) is 9.55 Å². The van der Waals surface area contributed by atoms with E-state index in [0.29, 0.717) is 18.0 Å². The second-order valence-corrected chi connectivity index (χ2v) is 6.89. The number of carbonyl (C=O) groups is 1. The summed E-state index contributed by atoms with van der Waals surface area (Å²) in [5, 5.41) is 13.2. The molecular formula is C21H25N3O3. The highest BCUT2D eigenvalue weighted by Gasteiger charge is 2.16. The number of rotatable bonds is 7. The van der Waals surface area contributed by atoms with Crippen LogP contribution < -0.4 is 10.1 Å². The van der Waals surface area contributed by atoms with Crippen LogP contribution in [0.1, 0.15) is 32.5 Å². The van der Waals surface area contributed by atoms with Gasteiger partial charge in [-0.3, -0.25) is 4.79 Å². The van der Waals surface area contributed by atoms with Gasteiger partial charge in [0.05, 0.1) is 17.6 Å². The molecule has 6 nitrogen and oxygen atoms in total. The molecule has 0 spiro atoms. The summed E-state index contributed by atoms with van der Waals surface area (Å²) in [5.74, 6) is 1.73. The number of nitrogens with zero attached hydrogens (tertiary/aromatic N) is 2. The molecular weight excluding hydrogens is 342 g/mol. The average molecular weight is 367 g/mol. The summed E-state index contributed by atoms with van der Waals surface area (Å²) in [7, 11) is 0. The van der Waals surface area contributed by atoms with E-state index in [1.807, 2.05) is 24.3 Å². The number of fused-ring (bicyclic) bond motifs is 1. The lowest BCUT2D eigenvalue weighted by Crippen LogP contribution is -2.24. The number of anilines is 1. The number of imidazole rings is 1. The highest BCUT2D eigenvalue weighted by Crippen LogP contribution is 2.22. The SMILES string of the molecule is CC(=O)Nc1ccc(OC[C@H](O)Cn2c(C(C)C)nc3ccccc32)cc1. The van der Waals surface area contributed by atoms with Crippen LogP contribution in [-0.2, 0) is 11.3 Å². The van der Waals surface area contributed by atoms with Crippen molar-refractivity contribution in [2.75, 3.05) is 11.9 Å². The summed E-state index contributed by atoms with van der Waals surface area (Å²) < 4.78 is 7.76. The number of hydrogen-bond acceptors (Lipinski definition) is 4. The number of amides is 1. The molecule has 1 atom stereocenters. The monoisotopic (exact) mass is 367 g/mol. The minimum absolute atomic E-state index is 0.118. The average Bonchev–Trinajstić information content (AvgIpc) is 3.00. The predicted molar refractivity (Wildman–Crippen MR) is 106 cm³/mol. The molecule has 2 N–H and O–H groups in total. The van der Waals surface area contributed by atoms with Gasteiger partial charge in [0, 0.05) is 18.5 Å². The standard InChI is InChI=1S/C21H25N3O3/c1-14(2)21-23-19-6-4-5-7-20(19)24(21)12-17(26)13-27-18-10-8-16(9-11-18)22-15(3)25/h4-11,14,17,26H,12-13H2,1-3H3,(H,22,25)/t17-/m1/s1. The largest absolute Gasteiger partial charge is 0.491 e. The topological polar surface area (TPSA) is 76.4 Å². The predicted octanol–water partition coefficient (Wildman–Crippen LogP) is 3.56. The third-order valence-electron chi connectivity index (χ3n) is 4.21. The smallest absolute Gasteiger partial charge is 0.221 e. The van der Waals surface area contributed by atoms with Gasteiger partial charge in [-0.25, -0.2) is 4.98 Å². The fourth-order valence-corrected chi connectivity index (χ4v) is 3.02. The van der Waals surface area contributed by atoms with Gasteiger partial charge in [0.2, 0.25) is 5.91 Å². The number of ether oxygens (including phenoxy) is 1. The molecule has 0 aliphatic heterocycles. The fourth-order valence-electron chi connectivity index (χ4n) is 3.02. The van der Waals surface area contributed by atoms with Crippen molar-refractivity contribution < 1.29 is 14.6 Å². The zero-order valence-corrected chi connectivity index (χ0v) is 15.8. The quantitative estimate of drug-likeness (QED) is 0.669. The first-order valence-corrected chi connectivity index (χ1v) is 9.07. The van der Waals surface area contributed by atoms with E-state index in [0.717, 1.165) is 16.9 Å². The van der Waals surface area contributed by atoms with Crippen LogP contribution in [0.4, 0.5) is 5.69 Å². The van der Waals surface area contributed by atoms with E-state index in [1.54, 1.807) is 24.3 Å². The Hall–Kier alpha value is -2.86. The highest BCUT2D eigenvalue weighted by molar-refractivity contribution is 5.88. The maximum atomic E-state index is 11.1. The maximum Gasteiger partial charge on any atom is 0.221 e. The summed E-state index contributed by atoms with van der Waals surface area (Å²) >= 11 is 0. The molecule has 0 unspecified atom stereocenters. The van der Waals surface area contributed by atoms with Crippen LogP contribution in [0.15, 0.2) is 48.5 Å². The number of carbonyl (C=O) groups excluding carboxylic acids is 1. The maximum absolute atomic E-state index is 11.1. The van der Waals surface area contributed by atoms with Gasteiger partial charge in [-0.2, -0.15) is 0 Å². The summed E-state index contributed by atoms with van der Waals surface area (Å²) in [6.45, 7) is 6.24. The minimum atomic E-state index is -0.671. The Morgan fingerprint density at radius 2 is 1.89 bits per heavy atom. The molecule has 27 heavy (non-hydrogen) atoms. The van der Waals surface area contributed by atoms with E-state index in [4.69, 9.17) is 9.72 Å². The van der Waals surface area contributed by atoms with Gasteiger partial charge in [0.15, 0.2) is 0 Å². The lowest BCUT2D eigenvalue weighted by molar-refractivity contribution is -0.114. The molecule has 1 amide bonds. The molecule has 0 fully saturated rings. The summed E-state index contributed by atoms with van der Waals surface area (Å²) in [4.78, 5) is 15.7. The zero-order valence-electron chi connectivity index (χ0n) is 15.8. The van der Waals surface area contributed by atoms with Crippen LogP contribution >= 0.6 is 0 Å². The zero-order chi connectivity index (χ0) is 19.4. The van der Waals surface area contributed by atoms with E-state index in [1.165, 1.54) is 6.92 Å². The lowest BCUT2D eigenvalue weighted by Gasteiger charge is -2.17. The minimum Gasteiger partial charge on any atom is -0.491 e. The highest BCUT2D eigenvalue weighted by atomic mass is 16.5. The first-order chi connectivity index (χ1) is 12.9. The molecule has 0 saturated heterocycles. The summed E-state index contributed by atoms with van der Waals surface area (Å²) in [6, 6.07) is 15.0. The third-order valence-corrected chi connectivity index (χ3v) is 4.21. The van der Waals surface area contributed by atoms with Gasteiger partial charge >= 0.3 is 0 Å². The van der Waals surface area contributed by atoms with Gasteiger partial charge in [-0.05, 0) is 36.4 Å². The molecule has 3 rings (SSSR count). The molecule has 3 aromatic rings. The number of benzene rings is 2. The molecule has 0 aliphatic rings. The van der Waals surface area contributed by atoms with E-state index in [2.05, 4.69) is 23.7 Å². The van der Waals surface area contributed by atoms with Gasteiger partial charge in [-0.1, -0.05) is 26.0 Å². The van der Waals surface area contributed by atoms with Crippen LogP contribution in [0.3, 0.4) is 0 Å². The Morgan fingerprint density at radius 3 is 2.56 bits per heavy atom. The van der Waals surface area contributed by atoms with E-state index >= 15 is 0 Å². The van der Waals surface area contributed by atoms with Crippen LogP contribution in [-0.4, -0.2) is 33.3 Å². The second kappa shape index (κ2) is 8.22. The molecule has 0 bridgehead atoms. The van der Waals surface area contributed by atoms with Gasteiger partial charge in [0.25, 0.3) is 0 Å². The van der Waals surface area contributed by atoms with Crippen LogP contribution in [0.25, 0.3) is 11.0 Å². The molecule has 1 aromatic heterocycles. The number of aliphatic hydroxyl groups excluding tert-OH is 1. The lowest BCUT2D eigenvalue weighted by atomic mass is 10.2. The number of para-hydroxylation sites is 2. The van der Waals surface area contributed by atoms with Crippen molar-refractivity contribution in [3.8, 4) is 5.75 Å². The molecule has 142 valence electrons. The summed E-state index contributed by atoms with van der Waals surface area (Å²) in [5.41, 5.74) is 2.66. The van der Waals surface area contributed by atoms with Crippen molar-refractivity contribution in [3.63, 3.8) is 0 Å². The molecule has 0 aliphatic carbocycles. The van der Waals surface area contributed by atoms with Crippen molar-refractivity contribution in [1.29, 1.82) is 0 Å². The molecule has 6 heteroatoms. The van der Waals surface area contributed by atoms with E-state index < -0.39 is 6.10 Å². The Morgan fingerprint density at radius 1 is 1.19 bits per heavy atom. The number of hydrogen-bond donors (Lipinski definition) is 2. The van der Waals surface area contributed by atoms with Crippen LogP contribution in [0.2, 0.25) is 0 Å². The fraction of sp³-hybridized carbons (Fsp3) is 0.333.